The van der Waals surface area contributed by atoms with Crippen LogP contribution in [0.25, 0.3) is 10.9 Å². The second kappa shape index (κ2) is 6.77. The second-order valence-electron chi connectivity index (χ2n) is 6.59. The summed E-state index contributed by atoms with van der Waals surface area (Å²) in [5, 5.41) is 6.72. The first-order valence-electron chi connectivity index (χ1n) is 8.57. The number of anilines is 1. The molecule has 1 amide bonds. The molecule has 1 aliphatic carbocycles. The molecule has 5 heteroatoms. The zero-order valence-corrected chi connectivity index (χ0v) is 14.3. The Bertz CT molecular complexity index is 818. The summed E-state index contributed by atoms with van der Waals surface area (Å²) in [7, 11) is 0. The number of carbonyl (C=O) groups excluding carboxylic acids is 1. The van der Waals surface area contributed by atoms with Crippen LogP contribution in [-0.4, -0.2) is 15.9 Å². The van der Waals surface area contributed by atoms with Gasteiger partial charge in [-0.2, -0.15) is 0 Å². The Balaban J connectivity index is 1.61. The van der Waals surface area contributed by atoms with Gasteiger partial charge in [0.15, 0.2) is 5.13 Å². The average molecular weight is 339 g/mol. The molecule has 4 nitrogen and oxygen atoms in total. The third kappa shape index (κ3) is 3.22. The number of fused-ring (bicyclic) bond motifs is 1. The highest BCUT2D eigenvalue weighted by atomic mass is 32.1. The smallest absolute Gasteiger partial charge is 0.233 e. The molecule has 0 aliphatic heterocycles. The lowest BCUT2D eigenvalue weighted by molar-refractivity contribution is -0.118. The number of nitrogens with zero attached hydrogens (tertiary/aromatic N) is 1. The average Bonchev–Trinajstić information content (AvgIpc) is 3.33. The predicted molar refractivity (Wildman–Crippen MR) is 98.4 cm³/mol. The van der Waals surface area contributed by atoms with E-state index in [0.717, 1.165) is 22.9 Å². The normalized spacial score (nSPS) is 16.5. The summed E-state index contributed by atoms with van der Waals surface area (Å²) in [5.74, 6) is 0.599. The van der Waals surface area contributed by atoms with Crippen LogP contribution in [-0.2, 0) is 4.79 Å². The van der Waals surface area contributed by atoms with Crippen molar-refractivity contribution in [2.75, 3.05) is 5.32 Å². The van der Waals surface area contributed by atoms with Crippen LogP contribution in [0.3, 0.4) is 0 Å². The van der Waals surface area contributed by atoms with Crippen molar-refractivity contribution >= 4 is 33.3 Å². The number of hydrogen-bond acceptors (Lipinski definition) is 3. The second-order valence-corrected chi connectivity index (χ2v) is 7.48. The van der Waals surface area contributed by atoms with E-state index in [4.69, 9.17) is 0 Å². The Morgan fingerprint density at radius 3 is 3.00 bits per heavy atom. The molecule has 2 N–H and O–H groups in total. The number of H-pyrrole nitrogens is 1. The van der Waals surface area contributed by atoms with Gasteiger partial charge in [-0.3, -0.25) is 4.79 Å². The summed E-state index contributed by atoms with van der Waals surface area (Å²) in [6.07, 6.45) is 9.66. The third-order valence-corrected chi connectivity index (χ3v) is 5.69. The number of nitrogens with one attached hydrogen (secondary N) is 2. The van der Waals surface area contributed by atoms with E-state index < -0.39 is 0 Å². The molecule has 2 heterocycles. The maximum atomic E-state index is 12.9. The summed E-state index contributed by atoms with van der Waals surface area (Å²) in [6, 6.07) is 8.36. The molecule has 0 spiro atoms. The minimum atomic E-state index is -0.115. The lowest BCUT2D eigenvalue weighted by atomic mass is 9.87. The van der Waals surface area contributed by atoms with Crippen LogP contribution >= 0.6 is 11.3 Å². The summed E-state index contributed by atoms with van der Waals surface area (Å²) in [6.45, 7) is 0. The topological polar surface area (TPSA) is 57.8 Å². The molecular weight excluding hydrogens is 318 g/mol. The summed E-state index contributed by atoms with van der Waals surface area (Å²) in [4.78, 5) is 20.3. The Hall–Kier alpha value is -2.14. The van der Waals surface area contributed by atoms with E-state index in [1.165, 1.54) is 37.0 Å². The van der Waals surface area contributed by atoms with E-state index in [0.29, 0.717) is 11.0 Å². The molecule has 0 radical (unpaired) electrons. The van der Waals surface area contributed by atoms with Crippen LogP contribution in [0.2, 0.25) is 0 Å². The van der Waals surface area contributed by atoms with Crippen molar-refractivity contribution in [1.82, 2.24) is 9.97 Å². The molecule has 1 fully saturated rings. The molecule has 24 heavy (non-hydrogen) atoms. The number of carbonyl (C=O) groups is 1. The lowest BCUT2D eigenvalue weighted by Gasteiger charge is -2.20. The van der Waals surface area contributed by atoms with Crippen LogP contribution in [0.1, 0.15) is 43.6 Å². The van der Waals surface area contributed by atoms with Gasteiger partial charge < -0.3 is 10.3 Å². The van der Waals surface area contributed by atoms with Crippen molar-refractivity contribution in [2.45, 2.75) is 38.0 Å². The largest absolute Gasteiger partial charge is 0.361 e. The first kappa shape index (κ1) is 15.4. The maximum Gasteiger partial charge on any atom is 0.233 e. The minimum Gasteiger partial charge on any atom is -0.361 e. The number of thiazole rings is 1. The molecule has 4 rings (SSSR count). The molecular formula is C19H21N3OS. The molecule has 0 bridgehead atoms. The quantitative estimate of drug-likeness (QED) is 0.692. The van der Waals surface area contributed by atoms with Gasteiger partial charge in [0, 0.05) is 23.3 Å². The standard InChI is InChI=1S/C19H21N3OS/c23-18(22-19-21-9-10-24-19)16(11-13-3-1-2-4-13)14-5-6-17-15(12-14)7-8-20-17/h5-10,12-13,16,20H,1-4,11H2,(H,21,22,23). The van der Waals surface area contributed by atoms with E-state index in [1.54, 1.807) is 6.20 Å². The molecule has 0 saturated heterocycles. The van der Waals surface area contributed by atoms with Gasteiger partial charge in [-0.05, 0) is 41.5 Å². The first-order valence-corrected chi connectivity index (χ1v) is 9.45. The van der Waals surface area contributed by atoms with Crippen molar-refractivity contribution in [2.24, 2.45) is 5.92 Å². The van der Waals surface area contributed by atoms with Crippen LogP contribution in [0.4, 0.5) is 5.13 Å². The van der Waals surface area contributed by atoms with Crippen LogP contribution < -0.4 is 5.32 Å². The van der Waals surface area contributed by atoms with Crippen molar-refractivity contribution < 1.29 is 4.79 Å². The van der Waals surface area contributed by atoms with Crippen LogP contribution in [0.15, 0.2) is 42.0 Å². The van der Waals surface area contributed by atoms with Gasteiger partial charge in [0.25, 0.3) is 0 Å². The molecule has 3 aromatic rings. The van der Waals surface area contributed by atoms with Gasteiger partial charge in [0.05, 0.1) is 5.92 Å². The number of aromatic nitrogens is 2. The van der Waals surface area contributed by atoms with E-state index in [2.05, 4.69) is 39.6 Å². The highest BCUT2D eigenvalue weighted by Crippen LogP contribution is 2.35. The van der Waals surface area contributed by atoms with Gasteiger partial charge in [-0.15, -0.1) is 11.3 Å². The highest BCUT2D eigenvalue weighted by Gasteiger charge is 2.27. The van der Waals surface area contributed by atoms with Crippen molar-refractivity contribution in [3.8, 4) is 0 Å². The van der Waals surface area contributed by atoms with Crippen molar-refractivity contribution in [3.63, 3.8) is 0 Å². The molecule has 1 aliphatic rings. The number of benzene rings is 1. The fourth-order valence-electron chi connectivity index (χ4n) is 3.74. The fourth-order valence-corrected chi connectivity index (χ4v) is 4.27. The molecule has 124 valence electrons. The number of amides is 1. The van der Waals surface area contributed by atoms with Gasteiger partial charge >= 0.3 is 0 Å². The molecule has 1 aromatic carbocycles. The Kier molecular flexibility index (Phi) is 4.34. The molecule has 1 saturated carbocycles. The number of hydrogen-bond donors (Lipinski definition) is 2. The fraction of sp³-hybridized carbons (Fsp3) is 0.368. The summed E-state index contributed by atoms with van der Waals surface area (Å²) in [5.41, 5.74) is 2.21. The van der Waals surface area contributed by atoms with E-state index in [1.807, 2.05) is 11.6 Å². The Labute approximate surface area is 145 Å². The molecule has 2 aromatic heterocycles. The molecule has 1 atom stereocenters. The number of rotatable bonds is 5. The monoisotopic (exact) mass is 339 g/mol. The lowest BCUT2D eigenvalue weighted by Crippen LogP contribution is -2.23. The zero-order chi connectivity index (χ0) is 16.4. The van der Waals surface area contributed by atoms with Crippen molar-refractivity contribution in [1.29, 1.82) is 0 Å². The van der Waals surface area contributed by atoms with Crippen molar-refractivity contribution in [3.05, 3.63) is 47.6 Å². The number of aromatic amines is 1. The third-order valence-electron chi connectivity index (χ3n) is 5.00. The SMILES string of the molecule is O=C(Nc1nccs1)C(CC1CCCC1)c1ccc2[nH]ccc2c1. The minimum absolute atomic E-state index is 0.0618. The van der Waals surface area contributed by atoms with E-state index in [-0.39, 0.29) is 11.8 Å². The van der Waals surface area contributed by atoms with Gasteiger partial charge in [0.2, 0.25) is 5.91 Å². The van der Waals surface area contributed by atoms with Crippen LogP contribution in [0.5, 0.6) is 0 Å². The molecule has 1 unspecified atom stereocenters. The maximum absolute atomic E-state index is 12.9. The zero-order valence-electron chi connectivity index (χ0n) is 13.5. The Morgan fingerprint density at radius 2 is 2.21 bits per heavy atom. The highest BCUT2D eigenvalue weighted by molar-refractivity contribution is 7.13. The predicted octanol–water partition coefficient (Wildman–Crippen LogP) is 4.93. The van der Waals surface area contributed by atoms with Gasteiger partial charge in [-0.25, -0.2) is 4.98 Å². The Morgan fingerprint density at radius 1 is 1.33 bits per heavy atom. The van der Waals surface area contributed by atoms with Gasteiger partial charge in [0.1, 0.15) is 0 Å². The summed E-state index contributed by atoms with van der Waals surface area (Å²) >= 11 is 1.46. The summed E-state index contributed by atoms with van der Waals surface area (Å²) < 4.78 is 0. The van der Waals surface area contributed by atoms with E-state index in [9.17, 15) is 4.79 Å². The van der Waals surface area contributed by atoms with E-state index >= 15 is 0 Å². The first-order chi connectivity index (χ1) is 11.8. The van der Waals surface area contributed by atoms with Crippen LogP contribution in [0, 0.1) is 5.92 Å². The van der Waals surface area contributed by atoms with Gasteiger partial charge in [-0.1, -0.05) is 31.7 Å².